The summed E-state index contributed by atoms with van der Waals surface area (Å²) in [5.41, 5.74) is 6.34. The maximum atomic E-state index is 12.7. The summed E-state index contributed by atoms with van der Waals surface area (Å²) < 4.78 is 11.7. The number of methoxy groups -OCH3 is 2. The van der Waals surface area contributed by atoms with Gasteiger partial charge in [0.25, 0.3) is 5.91 Å². The van der Waals surface area contributed by atoms with Gasteiger partial charge in [0, 0.05) is 19.9 Å². The first kappa shape index (κ1) is 18.5. The van der Waals surface area contributed by atoms with E-state index in [4.69, 9.17) is 15.2 Å². The van der Waals surface area contributed by atoms with E-state index in [1.54, 1.807) is 43.1 Å². The summed E-state index contributed by atoms with van der Waals surface area (Å²) in [4.78, 5) is 25.5. The monoisotopic (exact) mass is 346 g/mol. The third-order valence-electron chi connectivity index (χ3n) is 3.82. The molecule has 0 radical (unpaired) electrons. The SMILES string of the molecule is COCCN(C(=O)c1ccn(-c2ccc(OC)cc2)n1)[C@H](C)C(N)=O. The van der Waals surface area contributed by atoms with Crippen LogP contribution in [0.1, 0.15) is 17.4 Å². The lowest BCUT2D eigenvalue weighted by molar-refractivity contribution is -0.122. The second-order valence-electron chi connectivity index (χ2n) is 5.41. The van der Waals surface area contributed by atoms with Gasteiger partial charge in [-0.3, -0.25) is 9.59 Å². The van der Waals surface area contributed by atoms with Crippen molar-refractivity contribution in [3.63, 3.8) is 0 Å². The molecule has 8 heteroatoms. The topological polar surface area (TPSA) is 99.7 Å². The number of primary amides is 1. The molecule has 0 spiro atoms. The van der Waals surface area contributed by atoms with Crippen molar-refractivity contribution < 1.29 is 19.1 Å². The van der Waals surface area contributed by atoms with Gasteiger partial charge in [-0.15, -0.1) is 0 Å². The molecule has 2 amide bonds. The zero-order valence-corrected chi connectivity index (χ0v) is 14.5. The molecule has 2 rings (SSSR count). The lowest BCUT2D eigenvalue weighted by Gasteiger charge is -2.26. The first-order chi connectivity index (χ1) is 12.0. The number of hydrogen-bond donors (Lipinski definition) is 1. The molecule has 0 unspecified atom stereocenters. The Bertz CT molecular complexity index is 727. The summed E-state index contributed by atoms with van der Waals surface area (Å²) in [5, 5.41) is 4.30. The van der Waals surface area contributed by atoms with Crippen molar-refractivity contribution in [2.45, 2.75) is 13.0 Å². The molecule has 8 nitrogen and oxygen atoms in total. The normalized spacial score (nSPS) is 11.8. The zero-order valence-electron chi connectivity index (χ0n) is 14.5. The first-order valence-electron chi connectivity index (χ1n) is 7.77. The Morgan fingerprint density at radius 2 is 1.92 bits per heavy atom. The molecule has 25 heavy (non-hydrogen) atoms. The van der Waals surface area contributed by atoms with E-state index < -0.39 is 11.9 Å². The number of carbonyl (C=O) groups is 2. The van der Waals surface area contributed by atoms with Crippen LogP contribution in [0, 0.1) is 0 Å². The Balaban J connectivity index is 2.22. The molecule has 1 atom stereocenters. The fourth-order valence-corrected chi connectivity index (χ4v) is 2.28. The van der Waals surface area contributed by atoms with E-state index >= 15 is 0 Å². The van der Waals surface area contributed by atoms with Gasteiger partial charge in [-0.1, -0.05) is 0 Å². The minimum atomic E-state index is -0.756. The van der Waals surface area contributed by atoms with E-state index in [0.717, 1.165) is 11.4 Å². The van der Waals surface area contributed by atoms with Crippen LogP contribution in [0.3, 0.4) is 0 Å². The number of benzene rings is 1. The zero-order chi connectivity index (χ0) is 18.4. The highest BCUT2D eigenvalue weighted by atomic mass is 16.5. The average molecular weight is 346 g/mol. The number of carbonyl (C=O) groups excluding carboxylic acids is 2. The number of nitrogens with zero attached hydrogens (tertiary/aromatic N) is 3. The van der Waals surface area contributed by atoms with Gasteiger partial charge in [0.2, 0.25) is 5.91 Å². The summed E-state index contributed by atoms with van der Waals surface area (Å²) in [6, 6.07) is 8.11. The Hall–Kier alpha value is -2.87. The van der Waals surface area contributed by atoms with Gasteiger partial charge < -0.3 is 20.1 Å². The van der Waals surface area contributed by atoms with Gasteiger partial charge >= 0.3 is 0 Å². The van der Waals surface area contributed by atoms with Crippen molar-refractivity contribution in [1.82, 2.24) is 14.7 Å². The number of rotatable bonds is 8. The van der Waals surface area contributed by atoms with Crippen LogP contribution in [-0.4, -0.2) is 59.9 Å². The predicted molar refractivity (Wildman–Crippen MR) is 91.7 cm³/mol. The minimum Gasteiger partial charge on any atom is -0.497 e. The van der Waals surface area contributed by atoms with E-state index in [1.807, 2.05) is 12.1 Å². The quantitative estimate of drug-likeness (QED) is 0.764. The molecule has 2 N–H and O–H groups in total. The van der Waals surface area contributed by atoms with Crippen LogP contribution in [0.25, 0.3) is 5.69 Å². The van der Waals surface area contributed by atoms with Crippen LogP contribution < -0.4 is 10.5 Å². The van der Waals surface area contributed by atoms with Crippen molar-refractivity contribution in [3.05, 3.63) is 42.2 Å². The van der Waals surface area contributed by atoms with E-state index in [0.29, 0.717) is 6.61 Å². The average Bonchev–Trinajstić information content (AvgIpc) is 3.11. The molecule has 2 aromatic rings. The van der Waals surface area contributed by atoms with Crippen molar-refractivity contribution in [3.8, 4) is 11.4 Å². The Labute approximate surface area is 146 Å². The van der Waals surface area contributed by atoms with Crippen molar-refractivity contribution in [2.24, 2.45) is 5.73 Å². The molecule has 134 valence electrons. The van der Waals surface area contributed by atoms with E-state index in [9.17, 15) is 9.59 Å². The van der Waals surface area contributed by atoms with Crippen molar-refractivity contribution in [2.75, 3.05) is 27.4 Å². The van der Waals surface area contributed by atoms with Crippen LogP contribution >= 0.6 is 0 Å². The molecule has 0 aliphatic heterocycles. The highest BCUT2D eigenvalue weighted by Gasteiger charge is 2.26. The van der Waals surface area contributed by atoms with Crippen LogP contribution in [0.2, 0.25) is 0 Å². The fourth-order valence-electron chi connectivity index (χ4n) is 2.28. The highest BCUT2D eigenvalue weighted by Crippen LogP contribution is 2.15. The fraction of sp³-hybridized carbons (Fsp3) is 0.353. The molecular weight excluding hydrogens is 324 g/mol. The van der Waals surface area contributed by atoms with Crippen LogP contribution in [-0.2, 0) is 9.53 Å². The summed E-state index contributed by atoms with van der Waals surface area (Å²) in [6.07, 6.45) is 1.68. The second kappa shape index (κ2) is 8.29. The summed E-state index contributed by atoms with van der Waals surface area (Å²) in [7, 11) is 3.12. The van der Waals surface area contributed by atoms with Crippen molar-refractivity contribution >= 4 is 11.8 Å². The smallest absolute Gasteiger partial charge is 0.275 e. The molecule has 0 saturated heterocycles. The maximum Gasteiger partial charge on any atom is 0.275 e. The van der Waals surface area contributed by atoms with E-state index in [-0.39, 0.29) is 18.1 Å². The lowest BCUT2D eigenvalue weighted by atomic mass is 10.2. The predicted octanol–water partition coefficient (Wildman–Crippen LogP) is 0.843. The van der Waals surface area contributed by atoms with Crippen LogP contribution in [0.5, 0.6) is 5.75 Å². The minimum absolute atomic E-state index is 0.222. The van der Waals surface area contributed by atoms with Gasteiger partial charge in [-0.2, -0.15) is 5.10 Å². The number of nitrogens with two attached hydrogens (primary N) is 1. The highest BCUT2D eigenvalue weighted by molar-refractivity contribution is 5.95. The van der Waals surface area contributed by atoms with Crippen molar-refractivity contribution in [1.29, 1.82) is 0 Å². The maximum absolute atomic E-state index is 12.7. The Kier molecular flexibility index (Phi) is 6.13. The summed E-state index contributed by atoms with van der Waals surface area (Å²) in [6.45, 7) is 2.12. The number of aromatic nitrogens is 2. The van der Waals surface area contributed by atoms with E-state index in [2.05, 4.69) is 5.10 Å². The molecule has 0 aliphatic carbocycles. The molecule has 0 fully saturated rings. The summed E-state index contributed by atoms with van der Waals surface area (Å²) >= 11 is 0. The van der Waals surface area contributed by atoms with Crippen LogP contribution in [0.4, 0.5) is 0 Å². The lowest BCUT2D eigenvalue weighted by Crippen LogP contribution is -2.47. The largest absolute Gasteiger partial charge is 0.497 e. The second-order valence-corrected chi connectivity index (χ2v) is 5.41. The first-order valence-corrected chi connectivity index (χ1v) is 7.77. The molecule has 1 aromatic heterocycles. The summed E-state index contributed by atoms with van der Waals surface area (Å²) in [5.74, 6) is -0.233. The number of ether oxygens (including phenoxy) is 2. The third-order valence-corrected chi connectivity index (χ3v) is 3.82. The molecule has 1 aromatic carbocycles. The molecule has 0 bridgehead atoms. The van der Waals surface area contributed by atoms with Crippen LogP contribution in [0.15, 0.2) is 36.5 Å². The Morgan fingerprint density at radius 1 is 1.24 bits per heavy atom. The van der Waals surface area contributed by atoms with Gasteiger partial charge in [-0.25, -0.2) is 4.68 Å². The number of amides is 2. The third kappa shape index (κ3) is 4.36. The van der Waals surface area contributed by atoms with E-state index in [1.165, 1.54) is 12.0 Å². The molecule has 1 heterocycles. The van der Waals surface area contributed by atoms with Gasteiger partial charge in [0.05, 0.1) is 19.4 Å². The van der Waals surface area contributed by atoms with Gasteiger partial charge in [-0.05, 0) is 37.3 Å². The number of hydrogen-bond acceptors (Lipinski definition) is 5. The molecular formula is C17H22N4O4. The van der Waals surface area contributed by atoms with Gasteiger partial charge in [0.15, 0.2) is 5.69 Å². The Morgan fingerprint density at radius 3 is 2.48 bits per heavy atom. The molecule has 0 saturated carbocycles. The van der Waals surface area contributed by atoms with Gasteiger partial charge in [0.1, 0.15) is 11.8 Å². The molecule has 0 aliphatic rings. The standard InChI is InChI=1S/C17H22N4O4/c1-12(16(18)22)20(10-11-24-2)17(23)15-8-9-21(19-15)13-4-6-14(25-3)7-5-13/h4-9,12H,10-11H2,1-3H3,(H2,18,22)/t12-/m1/s1.